The first kappa shape index (κ1) is 42.3. The van der Waals surface area contributed by atoms with Crippen LogP contribution in [0.15, 0.2) is 0 Å². The van der Waals surface area contributed by atoms with E-state index in [1.807, 2.05) is 0 Å². The van der Waals surface area contributed by atoms with E-state index < -0.39 is 60.7 Å². The van der Waals surface area contributed by atoms with Crippen LogP contribution in [0.1, 0.15) is 125 Å². The van der Waals surface area contributed by atoms with Gasteiger partial charge in [-0.1, -0.05) is 53.9 Å². The quantitative estimate of drug-likeness (QED) is 0.138. The van der Waals surface area contributed by atoms with Gasteiger partial charge in [-0.2, -0.15) is 57.1 Å². The van der Waals surface area contributed by atoms with Crippen LogP contribution in [0.2, 0.25) is 0 Å². The Kier molecular flexibility index (Phi) is 11.6. The van der Waals surface area contributed by atoms with E-state index >= 15 is 0 Å². The summed E-state index contributed by atoms with van der Waals surface area (Å²) in [5.74, 6) is -35.1. The highest BCUT2D eigenvalue weighted by Gasteiger charge is 2.90. The Hall–Kier alpha value is -1.44. The molecule has 4 saturated carbocycles. The second kappa shape index (κ2) is 14.0. The predicted octanol–water partition coefficient (Wildman–Crippen LogP) is 12.5. The van der Waals surface area contributed by atoms with E-state index in [1.165, 1.54) is 32.1 Å². The molecule has 0 N–H and O–H groups in total. The van der Waals surface area contributed by atoms with E-state index in [9.17, 15) is 61.9 Å². The van der Waals surface area contributed by atoms with Crippen LogP contribution in [-0.2, 0) is 9.53 Å². The van der Waals surface area contributed by atoms with Crippen molar-refractivity contribution in [2.24, 2.45) is 52.3 Å². The minimum Gasteiger partial charge on any atom is -0.462 e. The van der Waals surface area contributed by atoms with Gasteiger partial charge in [0.25, 0.3) is 0 Å². The van der Waals surface area contributed by atoms with Crippen LogP contribution in [0.5, 0.6) is 0 Å². The van der Waals surface area contributed by atoms with Crippen molar-refractivity contribution in [2.45, 2.75) is 166 Å². The van der Waals surface area contributed by atoms with Crippen LogP contribution in [0.4, 0.5) is 57.1 Å². The SMILES string of the molecule is CC(C)CCCC(C)C1CCC2C3CCC4CC(OC(=O)CCC(F)(F)C(F)(F)C(F)(F)C(F)(F)C(F)(F)C(F)(F)F)CCC4(C)C3CCC12C. The zero-order valence-corrected chi connectivity index (χ0v) is 29.7. The van der Waals surface area contributed by atoms with Gasteiger partial charge in [-0.3, -0.25) is 4.79 Å². The molecular formula is C36H51F13O2. The van der Waals surface area contributed by atoms with Gasteiger partial charge in [0.1, 0.15) is 6.10 Å². The molecule has 9 atom stereocenters. The highest BCUT2D eigenvalue weighted by molar-refractivity contribution is 5.69. The largest absolute Gasteiger partial charge is 0.462 e. The predicted molar refractivity (Wildman–Crippen MR) is 163 cm³/mol. The van der Waals surface area contributed by atoms with Gasteiger partial charge in [0.05, 0.1) is 6.42 Å². The van der Waals surface area contributed by atoms with Crippen LogP contribution in [0.3, 0.4) is 0 Å². The van der Waals surface area contributed by atoms with Crippen molar-refractivity contribution >= 4 is 5.97 Å². The van der Waals surface area contributed by atoms with Crippen molar-refractivity contribution in [3.05, 3.63) is 0 Å². The molecule has 51 heavy (non-hydrogen) atoms. The molecule has 4 fully saturated rings. The van der Waals surface area contributed by atoms with Crippen molar-refractivity contribution in [2.75, 3.05) is 0 Å². The standard InChI is InChI=1S/C36H51F13O2/c1-20(2)7-6-8-21(3)25-11-12-26-24-10-9-22-19-23(13-16-29(22,4)27(24)14-17-30(25,26)5)51-28(50)15-18-31(37,38)32(39,40)33(41,42)34(43,44)35(45,46)36(47,48)49/h20-27H,6-19H2,1-5H3. The number of alkyl halides is 13. The maximum Gasteiger partial charge on any atom is 0.460 e. The Morgan fingerprint density at radius 2 is 1.25 bits per heavy atom. The van der Waals surface area contributed by atoms with Gasteiger partial charge < -0.3 is 4.74 Å². The monoisotopic (exact) mass is 762 g/mol. The number of halogens is 13. The Balaban J connectivity index is 1.35. The number of rotatable bonds is 13. The normalized spacial score (nSPS) is 34.5. The molecule has 2 nitrogen and oxygen atoms in total. The van der Waals surface area contributed by atoms with Crippen molar-refractivity contribution in [1.82, 2.24) is 0 Å². The van der Waals surface area contributed by atoms with Crippen LogP contribution < -0.4 is 0 Å². The molecule has 0 aromatic carbocycles. The van der Waals surface area contributed by atoms with Gasteiger partial charge in [-0.05, 0) is 110 Å². The maximum atomic E-state index is 14.3. The lowest BCUT2D eigenvalue weighted by atomic mass is 9.44. The molecular weight excluding hydrogens is 711 g/mol. The number of fused-ring (bicyclic) bond motifs is 5. The molecule has 0 aromatic heterocycles. The third-order valence-corrected chi connectivity index (χ3v) is 13.8. The zero-order chi connectivity index (χ0) is 38.8. The maximum absolute atomic E-state index is 14.3. The van der Waals surface area contributed by atoms with Crippen molar-refractivity contribution in [3.8, 4) is 0 Å². The van der Waals surface area contributed by atoms with E-state index in [-0.39, 0.29) is 16.7 Å². The highest BCUT2D eigenvalue weighted by atomic mass is 19.4. The number of carbonyl (C=O) groups is 1. The molecule has 0 spiro atoms. The molecule has 0 bridgehead atoms. The summed E-state index contributed by atoms with van der Waals surface area (Å²) in [6.07, 6.45) is -1.14. The molecule has 298 valence electrons. The summed E-state index contributed by atoms with van der Waals surface area (Å²) in [4.78, 5) is 12.4. The van der Waals surface area contributed by atoms with Gasteiger partial charge in [0, 0.05) is 6.42 Å². The third kappa shape index (κ3) is 7.12. The fourth-order valence-corrected chi connectivity index (χ4v) is 10.8. The van der Waals surface area contributed by atoms with Crippen molar-refractivity contribution < 1.29 is 66.6 Å². The lowest BCUT2D eigenvalue weighted by molar-refractivity contribution is -0.440. The Labute approximate surface area is 291 Å². The molecule has 0 aliphatic heterocycles. The van der Waals surface area contributed by atoms with Crippen molar-refractivity contribution in [3.63, 3.8) is 0 Å². The fraction of sp³-hybridized carbons (Fsp3) is 0.972. The second-order valence-electron chi connectivity index (χ2n) is 17.1. The van der Waals surface area contributed by atoms with E-state index in [0.717, 1.165) is 25.7 Å². The number of hydrogen-bond donors (Lipinski definition) is 0. The molecule has 9 unspecified atom stereocenters. The molecule has 4 aliphatic carbocycles. The van der Waals surface area contributed by atoms with Gasteiger partial charge >= 0.3 is 41.8 Å². The lowest BCUT2D eigenvalue weighted by Crippen LogP contribution is -2.70. The second-order valence-corrected chi connectivity index (χ2v) is 17.1. The molecule has 0 amide bonds. The summed E-state index contributed by atoms with van der Waals surface area (Å²) >= 11 is 0. The van der Waals surface area contributed by atoms with Crippen LogP contribution in [0.25, 0.3) is 0 Å². The molecule has 15 heteroatoms. The highest BCUT2D eigenvalue weighted by Crippen LogP contribution is 2.69. The zero-order valence-electron chi connectivity index (χ0n) is 29.7. The minimum absolute atomic E-state index is 0.0848. The van der Waals surface area contributed by atoms with Crippen LogP contribution in [-0.4, -0.2) is 47.9 Å². The summed E-state index contributed by atoms with van der Waals surface area (Å²) in [5, 5.41) is 0. The summed E-state index contributed by atoms with van der Waals surface area (Å²) in [6.45, 7) is 11.6. The molecule has 4 aliphatic rings. The first-order valence-corrected chi connectivity index (χ1v) is 18.2. The van der Waals surface area contributed by atoms with Gasteiger partial charge in [-0.15, -0.1) is 0 Å². The number of carbonyl (C=O) groups excluding carboxylic acids is 1. The average molecular weight is 763 g/mol. The molecule has 4 rings (SSSR count). The number of esters is 1. The first-order chi connectivity index (χ1) is 23.1. The van der Waals surface area contributed by atoms with E-state index in [2.05, 4.69) is 34.6 Å². The van der Waals surface area contributed by atoms with E-state index in [4.69, 9.17) is 4.74 Å². The average Bonchev–Trinajstić information content (AvgIpc) is 3.36. The van der Waals surface area contributed by atoms with Crippen LogP contribution in [0, 0.1) is 52.3 Å². The Morgan fingerprint density at radius 1 is 0.686 bits per heavy atom. The molecule has 0 saturated heterocycles. The fourth-order valence-electron chi connectivity index (χ4n) is 10.8. The summed E-state index contributed by atoms with van der Waals surface area (Å²) < 4.78 is 180. The van der Waals surface area contributed by atoms with Crippen LogP contribution >= 0.6 is 0 Å². The third-order valence-electron chi connectivity index (χ3n) is 13.8. The Morgan fingerprint density at radius 3 is 1.84 bits per heavy atom. The van der Waals surface area contributed by atoms with Gasteiger partial charge in [-0.25, -0.2) is 0 Å². The summed E-state index contributed by atoms with van der Waals surface area (Å²) in [5.41, 5.74) is 0.185. The smallest absolute Gasteiger partial charge is 0.460 e. The molecule has 0 aromatic rings. The van der Waals surface area contributed by atoms with Gasteiger partial charge in [0.15, 0.2) is 0 Å². The van der Waals surface area contributed by atoms with Crippen molar-refractivity contribution in [1.29, 1.82) is 0 Å². The first-order valence-electron chi connectivity index (χ1n) is 18.2. The molecule has 0 radical (unpaired) electrons. The number of ether oxygens (including phenoxy) is 1. The minimum atomic E-state index is -7.96. The van der Waals surface area contributed by atoms with Gasteiger partial charge in [0.2, 0.25) is 0 Å². The molecule has 0 heterocycles. The number of hydrogen-bond acceptors (Lipinski definition) is 2. The summed E-state index contributed by atoms with van der Waals surface area (Å²) in [7, 11) is 0. The van der Waals surface area contributed by atoms with E-state index in [0.29, 0.717) is 54.8 Å². The lowest BCUT2D eigenvalue weighted by Gasteiger charge is -2.61. The topological polar surface area (TPSA) is 26.3 Å². The van der Waals surface area contributed by atoms with E-state index in [1.54, 1.807) is 0 Å². The Bertz CT molecular complexity index is 1230. The summed E-state index contributed by atoms with van der Waals surface area (Å²) in [6, 6.07) is 0.